The summed E-state index contributed by atoms with van der Waals surface area (Å²) < 4.78 is 10.7. The van der Waals surface area contributed by atoms with Crippen molar-refractivity contribution >= 4 is 18.0 Å². The first-order valence-corrected chi connectivity index (χ1v) is 19.8. The van der Waals surface area contributed by atoms with E-state index in [1.54, 1.807) is 6.21 Å². The van der Waals surface area contributed by atoms with E-state index in [0.29, 0.717) is 13.1 Å². The molecule has 4 aliphatic rings. The van der Waals surface area contributed by atoms with Crippen molar-refractivity contribution < 1.29 is 19.1 Å². The highest BCUT2D eigenvalue weighted by atomic mass is 16.9. The molecule has 294 valence electrons. The standard InChI is InChI=1S/C42H52N10O4/c1-25(2)35(49-41-43-18-7-19-44-41)39(53)51-20-5-8-33(51)37-45-22-31(47-37)29-14-10-27(11-15-29)28-12-16-30(17-13-28)32-23-46-38(48-32)34-9-6-21-52(34)40(54)36(26(3)4)50-42-55-24-56-42/h7,10-19,22-23,25-26,33-36,41-43,49-50H,5-6,8-9,20-21,24H2,1-4H3,(H,45,47)(H,46,48)/t33-,34-,35+,36-,41?/m0/s1. The van der Waals surface area contributed by atoms with Crippen molar-refractivity contribution in [1.29, 1.82) is 0 Å². The number of imidazole rings is 2. The van der Waals surface area contributed by atoms with Crippen LogP contribution in [-0.4, -0.2) is 92.4 Å². The molecule has 56 heavy (non-hydrogen) atoms. The van der Waals surface area contributed by atoms with Crippen molar-refractivity contribution in [2.24, 2.45) is 16.8 Å². The van der Waals surface area contributed by atoms with E-state index >= 15 is 0 Å². The van der Waals surface area contributed by atoms with E-state index < -0.39 is 12.5 Å². The van der Waals surface area contributed by atoms with Gasteiger partial charge in [0.2, 0.25) is 18.2 Å². The molecule has 0 saturated carbocycles. The molecule has 0 spiro atoms. The zero-order valence-electron chi connectivity index (χ0n) is 32.4. The number of benzene rings is 2. The highest BCUT2D eigenvalue weighted by molar-refractivity contribution is 5.83. The Bertz CT molecular complexity index is 2030. The number of amides is 2. The lowest BCUT2D eigenvalue weighted by molar-refractivity contribution is -0.335. The van der Waals surface area contributed by atoms with Crippen LogP contribution in [0.2, 0.25) is 0 Å². The fourth-order valence-electron chi connectivity index (χ4n) is 8.08. The summed E-state index contributed by atoms with van der Waals surface area (Å²) in [5.41, 5.74) is 6.09. The quantitative estimate of drug-likeness (QED) is 0.119. The first-order chi connectivity index (χ1) is 27.2. The van der Waals surface area contributed by atoms with Crippen LogP contribution in [0, 0.1) is 11.8 Å². The van der Waals surface area contributed by atoms with E-state index in [4.69, 9.17) is 19.4 Å². The highest BCUT2D eigenvalue weighted by Crippen LogP contribution is 2.35. The number of hydrogen-bond acceptors (Lipinski definition) is 10. The summed E-state index contributed by atoms with van der Waals surface area (Å²) in [5, 5.41) is 9.76. The summed E-state index contributed by atoms with van der Waals surface area (Å²) in [6.45, 7) is 9.80. The molecule has 2 aromatic heterocycles. The maximum atomic E-state index is 13.9. The molecule has 4 aliphatic heterocycles. The van der Waals surface area contributed by atoms with Gasteiger partial charge in [-0.05, 0) is 65.8 Å². The predicted octanol–water partition coefficient (Wildman–Crippen LogP) is 5.45. The van der Waals surface area contributed by atoms with Gasteiger partial charge >= 0.3 is 0 Å². The SMILES string of the molecule is CC(C)[C@H](NC1OCO1)C(=O)N1CCC[C@H]1c1ncc(-c2ccc(-c3ccc(-c4cnc([C@@H]5CCCN5C(=O)[C@H](NC5N=CC=CN5)C(C)C)[nH]4)cc3)cc2)[nH]1. The van der Waals surface area contributed by atoms with Crippen LogP contribution in [0.1, 0.15) is 77.1 Å². The molecule has 3 saturated heterocycles. The van der Waals surface area contributed by atoms with Gasteiger partial charge in [0.25, 0.3) is 0 Å². The fourth-order valence-corrected chi connectivity index (χ4v) is 8.08. The Morgan fingerprint density at radius 1 is 0.714 bits per heavy atom. The van der Waals surface area contributed by atoms with Gasteiger partial charge in [-0.1, -0.05) is 76.2 Å². The van der Waals surface area contributed by atoms with Crippen LogP contribution in [0.25, 0.3) is 33.6 Å². The third-order valence-electron chi connectivity index (χ3n) is 11.2. The number of hydrogen-bond donors (Lipinski definition) is 5. The van der Waals surface area contributed by atoms with Crippen molar-refractivity contribution in [2.75, 3.05) is 19.9 Å². The molecule has 6 heterocycles. The first kappa shape index (κ1) is 37.8. The monoisotopic (exact) mass is 760 g/mol. The molecule has 0 bridgehead atoms. The van der Waals surface area contributed by atoms with Crippen molar-refractivity contribution in [3.63, 3.8) is 0 Å². The summed E-state index contributed by atoms with van der Waals surface area (Å²) in [5.74, 6) is 1.89. The van der Waals surface area contributed by atoms with Gasteiger partial charge in [0.1, 0.15) is 11.6 Å². The Morgan fingerprint density at radius 3 is 1.62 bits per heavy atom. The number of H-pyrrole nitrogens is 2. The number of nitrogens with zero attached hydrogens (tertiary/aromatic N) is 5. The van der Waals surface area contributed by atoms with E-state index in [-0.39, 0.29) is 54.9 Å². The van der Waals surface area contributed by atoms with E-state index in [1.165, 1.54) is 0 Å². The second kappa shape index (κ2) is 16.5. The number of carbonyl (C=O) groups excluding carboxylic acids is 2. The zero-order chi connectivity index (χ0) is 38.8. The molecule has 14 heteroatoms. The first-order valence-electron chi connectivity index (χ1n) is 19.8. The number of aliphatic imine (C=N–C) groups is 1. The van der Waals surface area contributed by atoms with E-state index in [1.807, 2.05) is 48.3 Å². The average molecular weight is 761 g/mol. The minimum Gasteiger partial charge on any atom is -0.358 e. The number of rotatable bonds is 13. The number of aromatic nitrogens is 4. The molecule has 2 aromatic carbocycles. The Hall–Kier alpha value is -5.15. The topological polar surface area (TPSA) is 165 Å². The van der Waals surface area contributed by atoms with Crippen molar-refractivity contribution in [3.8, 4) is 33.6 Å². The summed E-state index contributed by atoms with van der Waals surface area (Å²) in [7, 11) is 0. The van der Waals surface area contributed by atoms with Gasteiger partial charge in [-0.2, -0.15) is 0 Å². The minimum absolute atomic E-state index is 0.0421. The summed E-state index contributed by atoms with van der Waals surface area (Å²) in [4.78, 5) is 52.4. The molecule has 5 N–H and O–H groups in total. The molecule has 14 nitrogen and oxygen atoms in total. The molecule has 5 atom stereocenters. The van der Waals surface area contributed by atoms with Crippen LogP contribution >= 0.6 is 0 Å². The number of ether oxygens (including phenoxy) is 2. The molecule has 2 amide bonds. The van der Waals surface area contributed by atoms with Gasteiger partial charge in [-0.25, -0.2) is 9.97 Å². The number of carbonyl (C=O) groups is 2. The van der Waals surface area contributed by atoms with Crippen LogP contribution in [0.15, 0.2) is 78.2 Å². The van der Waals surface area contributed by atoms with Crippen LogP contribution < -0.4 is 16.0 Å². The van der Waals surface area contributed by atoms with E-state index in [0.717, 1.165) is 71.0 Å². The molecule has 3 fully saturated rings. The summed E-state index contributed by atoms with van der Waals surface area (Å²) in [6, 6.07) is 15.9. The van der Waals surface area contributed by atoms with Gasteiger partial charge in [0.15, 0.2) is 13.1 Å². The molecule has 0 aliphatic carbocycles. The van der Waals surface area contributed by atoms with Crippen molar-refractivity contribution in [3.05, 3.63) is 84.8 Å². The lowest BCUT2D eigenvalue weighted by Gasteiger charge is -2.35. The van der Waals surface area contributed by atoms with Crippen LogP contribution in [0.3, 0.4) is 0 Å². The normalized spacial score (nSPS) is 22.1. The lowest BCUT2D eigenvalue weighted by atomic mass is 10.0. The second-order valence-electron chi connectivity index (χ2n) is 15.7. The van der Waals surface area contributed by atoms with Gasteiger partial charge in [0, 0.05) is 25.5 Å². The number of likely N-dealkylation sites (tertiary alicyclic amines) is 2. The van der Waals surface area contributed by atoms with Gasteiger partial charge in [-0.3, -0.25) is 25.2 Å². The van der Waals surface area contributed by atoms with Crippen LogP contribution in [-0.2, 0) is 19.1 Å². The molecule has 0 radical (unpaired) electrons. The Kier molecular flexibility index (Phi) is 11.1. The number of nitrogens with one attached hydrogen (secondary N) is 5. The maximum absolute atomic E-state index is 13.9. The van der Waals surface area contributed by atoms with Crippen molar-refractivity contribution in [1.82, 2.24) is 45.7 Å². The van der Waals surface area contributed by atoms with Crippen molar-refractivity contribution in [2.45, 2.75) is 90.2 Å². The largest absolute Gasteiger partial charge is 0.358 e. The van der Waals surface area contributed by atoms with Crippen LogP contribution in [0.5, 0.6) is 0 Å². The lowest BCUT2D eigenvalue weighted by Crippen LogP contribution is -2.56. The third kappa shape index (κ3) is 7.92. The maximum Gasteiger partial charge on any atom is 0.240 e. The summed E-state index contributed by atoms with van der Waals surface area (Å²) in [6.07, 6.45) is 11.8. The smallest absolute Gasteiger partial charge is 0.240 e. The predicted molar refractivity (Wildman–Crippen MR) is 213 cm³/mol. The number of aromatic amines is 2. The Morgan fingerprint density at radius 2 is 1.20 bits per heavy atom. The van der Waals surface area contributed by atoms with Gasteiger partial charge < -0.3 is 34.6 Å². The van der Waals surface area contributed by atoms with Gasteiger partial charge in [-0.15, -0.1) is 0 Å². The molecular formula is C42H52N10O4. The van der Waals surface area contributed by atoms with Crippen LogP contribution in [0.4, 0.5) is 0 Å². The molecule has 8 rings (SSSR count). The second-order valence-corrected chi connectivity index (χ2v) is 15.7. The highest BCUT2D eigenvalue weighted by Gasteiger charge is 2.39. The van der Waals surface area contributed by atoms with E-state index in [9.17, 15) is 9.59 Å². The average Bonchev–Trinajstić information content (AvgIpc) is 4.03. The van der Waals surface area contributed by atoms with Gasteiger partial charge in [0.05, 0.1) is 47.9 Å². The molecule has 1 unspecified atom stereocenters. The minimum atomic E-state index is -0.536. The Labute approximate surface area is 327 Å². The zero-order valence-corrected chi connectivity index (χ0v) is 32.4. The molecule has 4 aromatic rings. The molecular weight excluding hydrogens is 709 g/mol. The summed E-state index contributed by atoms with van der Waals surface area (Å²) >= 11 is 0. The fraction of sp³-hybridized carbons (Fsp3) is 0.452. The third-order valence-corrected chi connectivity index (χ3v) is 11.2. The number of allylic oxidation sites excluding steroid dienone is 1. The van der Waals surface area contributed by atoms with E-state index in [2.05, 4.69) is 93.3 Å². The Balaban J connectivity index is 0.904.